The van der Waals surface area contributed by atoms with Gasteiger partial charge in [0.1, 0.15) is 0 Å². The van der Waals surface area contributed by atoms with Crippen LogP contribution >= 0.6 is 0 Å². The summed E-state index contributed by atoms with van der Waals surface area (Å²) in [6, 6.07) is 0. The Labute approximate surface area is 133 Å². The highest BCUT2D eigenvalue weighted by Crippen LogP contribution is 2.25. The number of nitrogens with two attached hydrogens (primary N) is 2. The second kappa shape index (κ2) is 5.26. The van der Waals surface area contributed by atoms with Crippen LogP contribution in [0.3, 0.4) is 0 Å². The Balaban J connectivity index is 1.81. The smallest absolute Gasteiger partial charge is 0.294 e. The molecule has 1 aliphatic carbocycles. The number of rotatable bonds is 1. The van der Waals surface area contributed by atoms with Crippen molar-refractivity contribution in [2.75, 3.05) is 12.3 Å². The molecule has 120 valence electrons. The molecule has 0 spiro atoms. The molecule has 23 heavy (non-hydrogen) atoms. The minimum atomic E-state index is -0.135. The molecule has 4 N–H and O–H groups in total. The van der Waals surface area contributed by atoms with Crippen LogP contribution < -0.4 is 17.0 Å². The van der Waals surface area contributed by atoms with E-state index >= 15 is 0 Å². The molecule has 1 aromatic heterocycles. The maximum absolute atomic E-state index is 12.5. The molecule has 3 heterocycles. The van der Waals surface area contributed by atoms with E-state index in [1.54, 1.807) is 4.68 Å². The molecule has 0 saturated heterocycles. The molecule has 2 aliphatic heterocycles. The van der Waals surface area contributed by atoms with Gasteiger partial charge in [0.15, 0.2) is 11.5 Å². The Kier molecular flexibility index (Phi) is 3.21. The average molecular weight is 312 g/mol. The molecule has 1 aromatic rings. The number of fused-ring (bicyclic) bond motifs is 2. The van der Waals surface area contributed by atoms with Crippen molar-refractivity contribution in [3.63, 3.8) is 0 Å². The lowest BCUT2D eigenvalue weighted by Crippen LogP contribution is -2.27. The summed E-state index contributed by atoms with van der Waals surface area (Å²) in [6.45, 7) is 2.29. The van der Waals surface area contributed by atoms with Gasteiger partial charge in [-0.2, -0.15) is 0 Å². The minimum absolute atomic E-state index is 0.135. The van der Waals surface area contributed by atoms with Crippen molar-refractivity contribution in [2.45, 2.75) is 38.8 Å². The fraction of sp³-hybridized carbons (Fsp3) is 0.438. The monoisotopic (exact) mass is 312 g/mol. The zero-order valence-corrected chi connectivity index (χ0v) is 13.0. The minimum Gasteiger partial charge on any atom is -0.397 e. The summed E-state index contributed by atoms with van der Waals surface area (Å²) < 4.78 is 3.51. The Hall–Kier alpha value is -2.57. The van der Waals surface area contributed by atoms with Gasteiger partial charge in [0, 0.05) is 19.6 Å². The summed E-state index contributed by atoms with van der Waals surface area (Å²) in [5.41, 5.74) is 15.6. The van der Waals surface area contributed by atoms with Crippen LogP contribution in [0.15, 0.2) is 38.2 Å². The third kappa shape index (κ3) is 2.23. The summed E-state index contributed by atoms with van der Waals surface area (Å²) >= 11 is 0. The molecule has 0 unspecified atom stereocenters. The Bertz CT molecular complexity index is 849. The predicted octanol–water partition coefficient (Wildman–Crippen LogP) is 1.12. The van der Waals surface area contributed by atoms with Gasteiger partial charge in [0.05, 0.1) is 17.1 Å². The molecule has 4 rings (SSSR count). The van der Waals surface area contributed by atoms with Crippen LogP contribution in [0.4, 0.5) is 11.5 Å². The highest BCUT2D eigenvalue weighted by molar-refractivity contribution is 6.24. The van der Waals surface area contributed by atoms with Gasteiger partial charge < -0.3 is 11.5 Å². The van der Waals surface area contributed by atoms with Crippen LogP contribution in [0, 0.1) is 0 Å². The molecule has 0 bridgehead atoms. The van der Waals surface area contributed by atoms with E-state index in [-0.39, 0.29) is 5.56 Å². The third-order valence-electron chi connectivity index (χ3n) is 4.59. The Morgan fingerprint density at radius 2 is 1.87 bits per heavy atom. The van der Waals surface area contributed by atoms with Gasteiger partial charge in [-0.1, -0.05) is 0 Å². The van der Waals surface area contributed by atoms with Crippen LogP contribution in [0.2, 0.25) is 0 Å². The number of hydrogen-bond acceptors (Lipinski definition) is 5. The third-order valence-corrected chi connectivity index (χ3v) is 4.59. The van der Waals surface area contributed by atoms with Crippen molar-refractivity contribution in [1.82, 2.24) is 9.36 Å². The molecule has 0 atom stereocenters. The first-order valence-electron chi connectivity index (χ1n) is 8.06. The second-order valence-electron chi connectivity index (χ2n) is 6.13. The highest BCUT2D eigenvalue weighted by atomic mass is 16.1. The van der Waals surface area contributed by atoms with E-state index in [0.717, 1.165) is 50.1 Å². The van der Waals surface area contributed by atoms with Crippen molar-refractivity contribution < 1.29 is 0 Å². The number of nitrogen functional groups attached to an aromatic ring is 1. The lowest BCUT2D eigenvalue weighted by atomic mass is 9.94. The van der Waals surface area contributed by atoms with Gasteiger partial charge in [-0.05, 0) is 43.4 Å². The quantitative estimate of drug-likeness (QED) is 0.759. The number of aliphatic imine (C=N–C) groups is 2. The lowest BCUT2D eigenvalue weighted by molar-refractivity contribution is 0.360. The SMILES string of the molecule is NC1=CC2=NCCCC2=C/C1=N\c1c(N)n2n(c1=O)CCCC2. The van der Waals surface area contributed by atoms with E-state index in [1.165, 1.54) is 0 Å². The molecule has 0 aromatic carbocycles. The topological polar surface area (TPSA) is 104 Å². The van der Waals surface area contributed by atoms with Gasteiger partial charge >= 0.3 is 0 Å². The largest absolute Gasteiger partial charge is 0.397 e. The number of aromatic nitrogens is 2. The second-order valence-corrected chi connectivity index (χ2v) is 6.13. The van der Waals surface area contributed by atoms with Gasteiger partial charge in [0.2, 0.25) is 0 Å². The molecule has 0 radical (unpaired) electrons. The van der Waals surface area contributed by atoms with Crippen molar-refractivity contribution >= 4 is 22.9 Å². The van der Waals surface area contributed by atoms with E-state index in [1.807, 2.05) is 16.8 Å². The van der Waals surface area contributed by atoms with Crippen molar-refractivity contribution in [3.8, 4) is 0 Å². The van der Waals surface area contributed by atoms with Crippen molar-refractivity contribution in [2.24, 2.45) is 15.7 Å². The molecule has 0 fully saturated rings. The maximum Gasteiger partial charge on any atom is 0.294 e. The van der Waals surface area contributed by atoms with Crippen LogP contribution in [-0.4, -0.2) is 27.3 Å². The molecule has 3 aliphatic rings. The van der Waals surface area contributed by atoms with Crippen LogP contribution in [0.25, 0.3) is 0 Å². The number of allylic oxidation sites excluding steroid dienone is 3. The van der Waals surface area contributed by atoms with E-state index < -0.39 is 0 Å². The Morgan fingerprint density at radius 3 is 2.65 bits per heavy atom. The fourth-order valence-corrected chi connectivity index (χ4v) is 3.36. The van der Waals surface area contributed by atoms with E-state index in [9.17, 15) is 4.79 Å². The molecule has 0 saturated carbocycles. The molecule has 7 heteroatoms. The molecular formula is C16H20N6O. The zero-order valence-electron chi connectivity index (χ0n) is 13.0. The van der Waals surface area contributed by atoms with Gasteiger partial charge in [-0.25, -0.2) is 9.67 Å². The van der Waals surface area contributed by atoms with E-state index in [0.29, 0.717) is 29.5 Å². The summed E-state index contributed by atoms with van der Waals surface area (Å²) in [5.74, 6) is 0.427. The summed E-state index contributed by atoms with van der Waals surface area (Å²) in [4.78, 5) is 21.5. The number of nitrogens with zero attached hydrogens (tertiary/aromatic N) is 4. The first-order valence-corrected chi connectivity index (χ1v) is 8.06. The molecule has 7 nitrogen and oxygen atoms in total. The Morgan fingerprint density at radius 1 is 1.09 bits per heavy atom. The van der Waals surface area contributed by atoms with Crippen molar-refractivity contribution in [3.05, 3.63) is 33.8 Å². The summed E-state index contributed by atoms with van der Waals surface area (Å²) in [5, 5.41) is 0. The van der Waals surface area contributed by atoms with Crippen LogP contribution in [0.1, 0.15) is 25.7 Å². The van der Waals surface area contributed by atoms with Crippen LogP contribution in [0.5, 0.6) is 0 Å². The predicted molar refractivity (Wildman–Crippen MR) is 91.3 cm³/mol. The zero-order chi connectivity index (χ0) is 16.0. The molecule has 0 amide bonds. The van der Waals surface area contributed by atoms with Gasteiger partial charge in [-0.3, -0.25) is 14.5 Å². The van der Waals surface area contributed by atoms with Crippen molar-refractivity contribution in [1.29, 1.82) is 0 Å². The van der Waals surface area contributed by atoms with Gasteiger partial charge in [0.25, 0.3) is 5.56 Å². The summed E-state index contributed by atoms with van der Waals surface area (Å²) in [7, 11) is 0. The highest BCUT2D eigenvalue weighted by Gasteiger charge is 2.22. The van der Waals surface area contributed by atoms with Crippen LogP contribution in [-0.2, 0) is 13.1 Å². The normalized spacial score (nSPS) is 22.1. The van der Waals surface area contributed by atoms with Gasteiger partial charge in [-0.15, -0.1) is 0 Å². The first kappa shape index (κ1) is 14.0. The average Bonchev–Trinajstić information content (AvgIpc) is 2.81. The van der Waals surface area contributed by atoms with E-state index in [4.69, 9.17) is 11.5 Å². The number of anilines is 1. The maximum atomic E-state index is 12.5. The fourth-order valence-electron chi connectivity index (χ4n) is 3.36. The first-order chi connectivity index (χ1) is 11.1. The lowest BCUT2D eigenvalue weighted by Gasteiger charge is -2.18. The van der Waals surface area contributed by atoms with E-state index in [2.05, 4.69) is 9.98 Å². The standard InChI is InChI=1S/C16H20N6O/c17-11-9-12-10(4-3-5-19-12)8-13(11)20-14-15(18)21-6-1-2-7-22(21)16(14)23/h8-9H,1-7,17-18H2/b20-13+. The summed E-state index contributed by atoms with van der Waals surface area (Å²) in [6.07, 6.45) is 7.79. The molecular weight excluding hydrogens is 292 g/mol. The number of hydrogen-bond donors (Lipinski definition) is 2.